The second kappa shape index (κ2) is 22.5. The minimum Gasteiger partial charge on any atom is -0.399 e. The molecule has 0 aliphatic rings. The number of anilines is 3. The Morgan fingerprint density at radius 1 is 0.706 bits per heavy atom. The summed E-state index contributed by atoms with van der Waals surface area (Å²) in [6.45, 7) is 14.9. The highest BCUT2D eigenvalue weighted by atomic mass is 16.6. The molecule has 0 saturated heterocycles. The number of aromatic nitrogens is 4. The van der Waals surface area contributed by atoms with Crippen LogP contribution in [0.25, 0.3) is 28.2 Å². The highest BCUT2D eigenvalue weighted by Crippen LogP contribution is 2.26. The van der Waals surface area contributed by atoms with Crippen molar-refractivity contribution in [2.24, 2.45) is 11.5 Å². The van der Waals surface area contributed by atoms with Gasteiger partial charge in [-0.05, 0) is 93.6 Å². The van der Waals surface area contributed by atoms with Crippen molar-refractivity contribution >= 4 is 46.4 Å². The molecule has 2 amide bonds. The zero-order valence-electron chi connectivity index (χ0n) is 38.8. The van der Waals surface area contributed by atoms with E-state index in [9.17, 15) is 29.3 Å². The molecule has 11 N–H and O–H groups in total. The van der Waals surface area contributed by atoms with Crippen molar-refractivity contribution in [3.05, 3.63) is 168 Å². The Morgan fingerprint density at radius 2 is 1.13 bits per heavy atom. The molecule has 2 aromatic heterocycles. The predicted octanol–water partition coefficient (Wildman–Crippen LogP) is 5.41. The third-order valence-electron chi connectivity index (χ3n) is 10.1. The van der Waals surface area contributed by atoms with Crippen molar-refractivity contribution in [2.45, 2.75) is 79.8 Å². The maximum Gasteiger partial charge on any atom is 0.294 e. The number of nitro benzene ring substituents is 1. The van der Waals surface area contributed by atoms with Crippen LogP contribution in [0.1, 0.15) is 61.1 Å². The number of amides is 2. The number of rotatable bonds is 17. The summed E-state index contributed by atoms with van der Waals surface area (Å²) in [6, 6.07) is 24.2. The molecular formula is C49H57N13O6. The standard InChI is InChI=1S/C25H28N6O4.C24H29N7O2/c1-15(2)29-24-25(33)30(14-23(32)27-12-18-5-7-19(8-6-18)17(4)26)22(13-28-24)20-9-16(3)10-21(11-20)31(34)35;1-14(2)30-23-24(33)31(20(12-29-23)18-8-15(3)9-19(25)10-18)13-21(32)28-11-16-4-6-17(7-5-16)22(26)27/h5-11,13,15H,4,12,14,26H2,1-3H3,(H,27,32)(H,28,29);4-10,12,14H,11,13,25H2,1-3H3,(H3,26,27)(H,28,32)(H,29,30). The molecule has 0 aliphatic carbocycles. The molecule has 19 nitrogen and oxygen atoms in total. The van der Waals surface area contributed by atoms with Gasteiger partial charge in [-0.1, -0.05) is 55.1 Å². The van der Waals surface area contributed by atoms with E-state index in [2.05, 4.69) is 37.8 Å². The predicted molar refractivity (Wildman–Crippen MR) is 267 cm³/mol. The lowest BCUT2D eigenvalue weighted by molar-refractivity contribution is -0.384. The molecule has 0 bridgehead atoms. The van der Waals surface area contributed by atoms with E-state index in [1.54, 1.807) is 49.5 Å². The number of nitrogens with two attached hydrogens (primary N) is 3. The minimum atomic E-state index is -0.501. The first kappa shape index (κ1) is 50.4. The van der Waals surface area contributed by atoms with Crippen LogP contribution in [0.4, 0.5) is 23.0 Å². The van der Waals surface area contributed by atoms with Gasteiger partial charge >= 0.3 is 0 Å². The Bertz CT molecular complexity index is 2940. The van der Waals surface area contributed by atoms with E-state index < -0.39 is 16.4 Å². The Balaban J connectivity index is 0.000000255. The molecule has 6 aromatic rings. The fourth-order valence-corrected chi connectivity index (χ4v) is 6.91. The number of amidine groups is 1. The van der Waals surface area contributed by atoms with Crippen molar-refractivity contribution in [1.29, 1.82) is 5.41 Å². The molecule has 0 spiro atoms. The smallest absolute Gasteiger partial charge is 0.294 e. The average Bonchev–Trinajstić information content (AvgIpc) is 3.27. The SMILES string of the molecule is C=C(N)c1ccc(CNC(=O)Cn2c(-c3cc(C)cc([N+](=O)[O-])c3)cnc(NC(C)C)c2=O)cc1.Cc1cc(N)cc(-c2cnc(NC(C)C)c(=O)n2CC(=O)NCc2ccc(C(=N)N)cc2)c1. The fourth-order valence-electron chi connectivity index (χ4n) is 6.91. The first-order valence-corrected chi connectivity index (χ1v) is 21.6. The third-order valence-corrected chi connectivity index (χ3v) is 10.1. The Kier molecular flexibility index (Phi) is 16.7. The first-order valence-electron chi connectivity index (χ1n) is 21.6. The van der Waals surface area contributed by atoms with Crippen molar-refractivity contribution in [1.82, 2.24) is 29.7 Å². The highest BCUT2D eigenvalue weighted by Gasteiger charge is 2.19. The van der Waals surface area contributed by atoms with Gasteiger partial charge in [-0.2, -0.15) is 0 Å². The molecule has 4 aromatic carbocycles. The Morgan fingerprint density at radius 3 is 1.53 bits per heavy atom. The summed E-state index contributed by atoms with van der Waals surface area (Å²) < 4.78 is 2.67. The number of nitrogen functional groups attached to an aromatic ring is 2. The monoisotopic (exact) mass is 923 g/mol. The molecule has 0 aliphatic heterocycles. The van der Waals surface area contributed by atoms with E-state index >= 15 is 0 Å². The molecule has 0 fully saturated rings. The van der Waals surface area contributed by atoms with Crippen molar-refractivity contribution in [2.75, 3.05) is 16.4 Å². The van der Waals surface area contributed by atoms with Gasteiger partial charge in [0.2, 0.25) is 11.8 Å². The van der Waals surface area contributed by atoms with Gasteiger partial charge in [-0.15, -0.1) is 0 Å². The topological polar surface area (TPSA) is 297 Å². The number of nitro groups is 1. The van der Waals surface area contributed by atoms with Gasteiger partial charge in [0.05, 0.1) is 28.7 Å². The zero-order chi connectivity index (χ0) is 49.8. The van der Waals surface area contributed by atoms with E-state index in [1.807, 2.05) is 71.0 Å². The van der Waals surface area contributed by atoms with Gasteiger partial charge in [0.15, 0.2) is 11.6 Å². The van der Waals surface area contributed by atoms with E-state index in [1.165, 1.54) is 27.5 Å². The summed E-state index contributed by atoms with van der Waals surface area (Å²) in [4.78, 5) is 71.4. The largest absolute Gasteiger partial charge is 0.399 e. The van der Waals surface area contributed by atoms with Gasteiger partial charge in [-0.3, -0.25) is 43.8 Å². The van der Waals surface area contributed by atoms with E-state index in [4.69, 9.17) is 22.6 Å². The minimum absolute atomic E-state index is 0.00548. The van der Waals surface area contributed by atoms with Crippen LogP contribution in [0.5, 0.6) is 0 Å². The van der Waals surface area contributed by atoms with Crippen LogP contribution in [0, 0.1) is 29.4 Å². The average molecular weight is 924 g/mol. The first-order chi connectivity index (χ1) is 32.2. The van der Waals surface area contributed by atoms with Gasteiger partial charge in [-0.25, -0.2) is 9.97 Å². The van der Waals surface area contributed by atoms with E-state index in [0.29, 0.717) is 45.0 Å². The lowest BCUT2D eigenvalue weighted by Gasteiger charge is -2.16. The summed E-state index contributed by atoms with van der Waals surface area (Å²) in [5, 5.41) is 30.5. The molecule has 68 heavy (non-hydrogen) atoms. The lowest BCUT2D eigenvalue weighted by Crippen LogP contribution is -2.35. The number of non-ortho nitro benzene ring substituents is 1. The van der Waals surface area contributed by atoms with Gasteiger partial charge < -0.3 is 38.5 Å². The molecule has 19 heteroatoms. The van der Waals surface area contributed by atoms with Crippen LogP contribution in [-0.2, 0) is 35.8 Å². The normalized spacial score (nSPS) is 10.8. The molecule has 0 saturated carbocycles. The van der Waals surface area contributed by atoms with Crippen LogP contribution < -0.4 is 49.6 Å². The van der Waals surface area contributed by atoms with Crippen LogP contribution in [0.15, 0.2) is 113 Å². The third kappa shape index (κ3) is 13.7. The van der Waals surface area contributed by atoms with E-state index in [-0.39, 0.29) is 72.9 Å². The summed E-state index contributed by atoms with van der Waals surface area (Å²) in [5.41, 5.74) is 23.8. The Hall–Kier alpha value is -8.61. The Labute approximate surface area is 393 Å². The number of hydrogen-bond donors (Lipinski definition) is 8. The quantitative estimate of drug-likeness (QED) is 0.0187. The van der Waals surface area contributed by atoms with Crippen molar-refractivity contribution < 1.29 is 14.5 Å². The second-order valence-electron chi connectivity index (χ2n) is 16.7. The van der Waals surface area contributed by atoms with Gasteiger partial charge in [0, 0.05) is 65.4 Å². The molecule has 0 radical (unpaired) electrons. The zero-order valence-corrected chi connectivity index (χ0v) is 38.8. The lowest BCUT2D eigenvalue weighted by atomic mass is 10.1. The number of benzene rings is 4. The maximum atomic E-state index is 13.2. The number of nitrogens with zero attached hydrogens (tertiary/aromatic N) is 5. The molecule has 354 valence electrons. The van der Waals surface area contributed by atoms with Gasteiger partial charge in [0.25, 0.3) is 16.8 Å². The number of carbonyl (C=O) groups is 2. The molecular weight excluding hydrogens is 867 g/mol. The molecule has 6 rings (SSSR count). The number of aryl methyl sites for hydroxylation is 2. The maximum absolute atomic E-state index is 13.2. The summed E-state index contributed by atoms with van der Waals surface area (Å²) in [7, 11) is 0. The number of carbonyl (C=O) groups excluding carboxylic acids is 2. The van der Waals surface area contributed by atoms with Crippen molar-refractivity contribution in [3.63, 3.8) is 0 Å². The highest BCUT2D eigenvalue weighted by molar-refractivity contribution is 5.94. The summed E-state index contributed by atoms with van der Waals surface area (Å²) in [6.07, 6.45) is 3.02. The van der Waals surface area contributed by atoms with Crippen LogP contribution in [0.3, 0.4) is 0 Å². The van der Waals surface area contributed by atoms with Crippen LogP contribution in [0.2, 0.25) is 0 Å². The van der Waals surface area contributed by atoms with Crippen LogP contribution >= 0.6 is 0 Å². The number of nitrogens with one attached hydrogen (secondary N) is 5. The van der Waals surface area contributed by atoms with Crippen molar-refractivity contribution in [3.8, 4) is 22.5 Å². The molecule has 2 heterocycles. The second-order valence-corrected chi connectivity index (χ2v) is 16.7. The summed E-state index contributed by atoms with van der Waals surface area (Å²) >= 11 is 0. The molecule has 0 atom stereocenters. The molecule has 0 unspecified atom stereocenters. The van der Waals surface area contributed by atoms with Crippen LogP contribution in [-0.4, -0.2) is 53.8 Å². The van der Waals surface area contributed by atoms with Gasteiger partial charge in [0.1, 0.15) is 18.9 Å². The summed E-state index contributed by atoms with van der Waals surface area (Å²) in [5.74, 6) is -0.461. The van der Waals surface area contributed by atoms with E-state index in [0.717, 1.165) is 22.3 Å². The fraction of sp³-hybridized carbons (Fsp3) is 0.245. The number of hydrogen-bond acceptors (Lipinski definition) is 13.